The highest BCUT2D eigenvalue weighted by molar-refractivity contribution is 5.20. The van der Waals surface area contributed by atoms with Crippen LogP contribution in [0.5, 0.6) is 0 Å². The molecule has 0 radical (unpaired) electrons. The summed E-state index contributed by atoms with van der Waals surface area (Å²) in [5.41, 5.74) is 7.61. The number of nitrogens with zero attached hydrogens (tertiary/aromatic N) is 1. The van der Waals surface area contributed by atoms with Crippen LogP contribution < -0.4 is 5.73 Å². The van der Waals surface area contributed by atoms with Crippen LogP contribution in [-0.4, -0.2) is 24.0 Å². The quantitative estimate of drug-likeness (QED) is 0.888. The van der Waals surface area contributed by atoms with E-state index in [1.54, 1.807) is 0 Å². The number of benzene rings is 1. The minimum atomic E-state index is 0.332. The first-order chi connectivity index (χ1) is 8.58. The molecule has 1 aromatic rings. The zero-order chi connectivity index (χ0) is 13.1. The SMILES string of the molecule is CC1CC(N)CN(C(c2ccccc2)C(C)C)C1. The molecule has 3 atom stereocenters. The highest BCUT2D eigenvalue weighted by Gasteiger charge is 2.30. The van der Waals surface area contributed by atoms with Crippen molar-refractivity contribution >= 4 is 0 Å². The van der Waals surface area contributed by atoms with Gasteiger partial charge >= 0.3 is 0 Å². The third kappa shape index (κ3) is 3.12. The normalized spacial score (nSPS) is 27.4. The predicted molar refractivity (Wildman–Crippen MR) is 77.4 cm³/mol. The van der Waals surface area contributed by atoms with Gasteiger partial charge in [0.2, 0.25) is 0 Å². The molecular formula is C16H26N2. The summed E-state index contributed by atoms with van der Waals surface area (Å²) in [5, 5.41) is 0. The zero-order valence-electron chi connectivity index (χ0n) is 11.8. The smallest absolute Gasteiger partial charge is 0.0371 e. The Labute approximate surface area is 111 Å². The summed E-state index contributed by atoms with van der Waals surface area (Å²) < 4.78 is 0. The second-order valence-corrected chi connectivity index (χ2v) is 6.15. The van der Waals surface area contributed by atoms with E-state index in [-0.39, 0.29) is 0 Å². The summed E-state index contributed by atoms with van der Waals surface area (Å²) in [6.07, 6.45) is 1.16. The Balaban J connectivity index is 2.20. The van der Waals surface area contributed by atoms with Crippen LogP contribution in [-0.2, 0) is 0 Å². The molecule has 1 fully saturated rings. The lowest BCUT2D eigenvalue weighted by Crippen LogP contribution is -2.48. The highest BCUT2D eigenvalue weighted by atomic mass is 15.2. The first-order valence-electron chi connectivity index (χ1n) is 7.12. The zero-order valence-corrected chi connectivity index (χ0v) is 11.8. The van der Waals surface area contributed by atoms with Gasteiger partial charge in [-0.15, -0.1) is 0 Å². The van der Waals surface area contributed by atoms with E-state index in [1.165, 1.54) is 12.1 Å². The fourth-order valence-corrected chi connectivity index (χ4v) is 3.34. The predicted octanol–water partition coefficient (Wildman–Crippen LogP) is 3.05. The van der Waals surface area contributed by atoms with Crippen LogP contribution in [0.25, 0.3) is 0 Å². The van der Waals surface area contributed by atoms with Crippen LogP contribution in [0.1, 0.15) is 38.8 Å². The van der Waals surface area contributed by atoms with Crippen molar-refractivity contribution in [3.8, 4) is 0 Å². The van der Waals surface area contributed by atoms with E-state index < -0.39 is 0 Å². The van der Waals surface area contributed by atoms with E-state index in [0.29, 0.717) is 23.9 Å². The highest BCUT2D eigenvalue weighted by Crippen LogP contribution is 2.31. The molecule has 1 aromatic carbocycles. The summed E-state index contributed by atoms with van der Waals surface area (Å²) in [7, 11) is 0. The van der Waals surface area contributed by atoms with E-state index in [1.807, 2.05) is 0 Å². The summed E-state index contributed by atoms with van der Waals surface area (Å²) in [6, 6.07) is 11.7. The Kier molecular flexibility index (Phi) is 4.41. The molecule has 1 heterocycles. The molecule has 2 heteroatoms. The monoisotopic (exact) mass is 246 g/mol. The van der Waals surface area contributed by atoms with E-state index >= 15 is 0 Å². The topological polar surface area (TPSA) is 29.3 Å². The maximum absolute atomic E-state index is 6.19. The Hall–Kier alpha value is -0.860. The first-order valence-corrected chi connectivity index (χ1v) is 7.12. The van der Waals surface area contributed by atoms with Crippen molar-refractivity contribution in [1.29, 1.82) is 0 Å². The van der Waals surface area contributed by atoms with Crippen LogP contribution in [0, 0.1) is 11.8 Å². The van der Waals surface area contributed by atoms with Crippen LogP contribution in [0.15, 0.2) is 30.3 Å². The summed E-state index contributed by atoms with van der Waals surface area (Å²) in [4.78, 5) is 2.58. The van der Waals surface area contributed by atoms with E-state index in [9.17, 15) is 0 Å². The molecule has 1 aliphatic heterocycles. The Morgan fingerprint density at radius 1 is 1.17 bits per heavy atom. The molecule has 18 heavy (non-hydrogen) atoms. The largest absolute Gasteiger partial charge is 0.327 e. The summed E-state index contributed by atoms with van der Waals surface area (Å²) in [5.74, 6) is 1.32. The van der Waals surface area contributed by atoms with Crippen LogP contribution in [0.3, 0.4) is 0 Å². The Morgan fingerprint density at radius 2 is 1.83 bits per heavy atom. The number of hydrogen-bond donors (Lipinski definition) is 1. The van der Waals surface area contributed by atoms with Crippen molar-refractivity contribution in [2.24, 2.45) is 17.6 Å². The standard InChI is InChI=1S/C16H26N2/c1-12(2)16(14-7-5-4-6-8-14)18-10-13(3)9-15(17)11-18/h4-8,12-13,15-16H,9-11,17H2,1-3H3. The number of likely N-dealkylation sites (tertiary alicyclic amines) is 1. The molecule has 0 aromatic heterocycles. The van der Waals surface area contributed by atoms with E-state index in [0.717, 1.165) is 13.0 Å². The van der Waals surface area contributed by atoms with Crippen molar-refractivity contribution in [1.82, 2.24) is 4.90 Å². The Morgan fingerprint density at radius 3 is 2.39 bits per heavy atom. The maximum atomic E-state index is 6.19. The molecule has 2 N–H and O–H groups in total. The van der Waals surface area contributed by atoms with Gasteiger partial charge in [0, 0.05) is 25.2 Å². The van der Waals surface area contributed by atoms with Gasteiger partial charge in [-0.2, -0.15) is 0 Å². The molecule has 3 unspecified atom stereocenters. The molecule has 0 bridgehead atoms. The van der Waals surface area contributed by atoms with Crippen LogP contribution in [0.2, 0.25) is 0 Å². The minimum absolute atomic E-state index is 0.332. The third-order valence-electron chi connectivity index (χ3n) is 3.89. The van der Waals surface area contributed by atoms with E-state index in [2.05, 4.69) is 56.0 Å². The fraction of sp³-hybridized carbons (Fsp3) is 0.625. The van der Waals surface area contributed by atoms with Gasteiger partial charge in [-0.3, -0.25) is 4.90 Å². The molecule has 0 amide bonds. The van der Waals surface area contributed by atoms with Gasteiger partial charge in [0.1, 0.15) is 0 Å². The Bertz CT molecular complexity index is 351. The van der Waals surface area contributed by atoms with Crippen molar-refractivity contribution in [3.63, 3.8) is 0 Å². The van der Waals surface area contributed by atoms with Crippen molar-refractivity contribution in [2.45, 2.75) is 39.3 Å². The number of piperidine rings is 1. The number of rotatable bonds is 3. The average Bonchev–Trinajstić information content (AvgIpc) is 2.28. The molecule has 1 aliphatic rings. The van der Waals surface area contributed by atoms with Gasteiger partial charge in [0.25, 0.3) is 0 Å². The summed E-state index contributed by atoms with van der Waals surface area (Å²) >= 11 is 0. The van der Waals surface area contributed by atoms with Gasteiger partial charge in [-0.25, -0.2) is 0 Å². The molecule has 0 saturated carbocycles. The molecular weight excluding hydrogens is 220 g/mol. The van der Waals surface area contributed by atoms with Gasteiger partial charge in [-0.1, -0.05) is 51.1 Å². The minimum Gasteiger partial charge on any atom is -0.327 e. The lowest BCUT2D eigenvalue weighted by Gasteiger charge is -2.42. The second-order valence-electron chi connectivity index (χ2n) is 6.15. The maximum Gasteiger partial charge on any atom is 0.0371 e. The van der Waals surface area contributed by atoms with Gasteiger partial charge < -0.3 is 5.73 Å². The van der Waals surface area contributed by atoms with E-state index in [4.69, 9.17) is 5.73 Å². The van der Waals surface area contributed by atoms with Crippen molar-refractivity contribution in [3.05, 3.63) is 35.9 Å². The van der Waals surface area contributed by atoms with Gasteiger partial charge in [0.15, 0.2) is 0 Å². The fourth-order valence-electron chi connectivity index (χ4n) is 3.34. The first kappa shape index (κ1) is 13.6. The summed E-state index contributed by atoms with van der Waals surface area (Å²) in [6.45, 7) is 9.13. The molecule has 0 spiro atoms. The van der Waals surface area contributed by atoms with Crippen LogP contribution in [0.4, 0.5) is 0 Å². The van der Waals surface area contributed by atoms with Gasteiger partial charge in [-0.05, 0) is 23.8 Å². The number of hydrogen-bond acceptors (Lipinski definition) is 2. The lowest BCUT2D eigenvalue weighted by atomic mass is 9.89. The second kappa shape index (κ2) is 5.85. The number of nitrogens with two attached hydrogens (primary N) is 1. The third-order valence-corrected chi connectivity index (χ3v) is 3.89. The molecule has 100 valence electrons. The lowest BCUT2D eigenvalue weighted by molar-refractivity contribution is 0.0893. The van der Waals surface area contributed by atoms with Crippen LogP contribution >= 0.6 is 0 Å². The molecule has 0 aliphatic carbocycles. The molecule has 2 nitrogen and oxygen atoms in total. The van der Waals surface area contributed by atoms with Crippen molar-refractivity contribution in [2.75, 3.05) is 13.1 Å². The molecule has 1 saturated heterocycles. The van der Waals surface area contributed by atoms with Crippen molar-refractivity contribution < 1.29 is 0 Å². The average molecular weight is 246 g/mol. The van der Waals surface area contributed by atoms with Gasteiger partial charge in [0.05, 0.1) is 0 Å². The molecule has 2 rings (SSSR count).